The van der Waals surface area contributed by atoms with Crippen LogP contribution in [0.4, 0.5) is 0 Å². The van der Waals surface area contributed by atoms with Crippen LogP contribution < -0.4 is 0 Å². The molecular weight excluding hydrogens is 194 g/mol. The van der Waals surface area contributed by atoms with Gasteiger partial charge in [0.25, 0.3) is 0 Å². The van der Waals surface area contributed by atoms with Crippen molar-refractivity contribution in [1.82, 2.24) is 0 Å². The van der Waals surface area contributed by atoms with Gasteiger partial charge in [0.1, 0.15) is 0 Å². The second-order valence-electron chi connectivity index (χ2n) is 4.93. The zero-order chi connectivity index (χ0) is 11.2. The second-order valence-corrected chi connectivity index (χ2v) is 4.93. The van der Waals surface area contributed by atoms with Crippen molar-refractivity contribution in [3.8, 4) is 0 Å². The van der Waals surface area contributed by atoms with Gasteiger partial charge in [0.05, 0.1) is 6.54 Å². The number of rotatable bonds is 2. The lowest BCUT2D eigenvalue weighted by Gasteiger charge is -2.24. The molecule has 0 aromatic heterocycles. The molecule has 1 heteroatoms. The normalized spacial score (nSPS) is 24.9. The molecule has 0 aromatic rings. The monoisotopic (exact) mass is 217 g/mol. The maximum Gasteiger partial charge on any atom is 0.0571 e. The molecule has 2 rings (SSSR count). The van der Waals surface area contributed by atoms with Crippen molar-refractivity contribution in [1.29, 1.82) is 0 Å². The van der Waals surface area contributed by atoms with Crippen LogP contribution in [0, 0.1) is 0 Å². The molecule has 0 spiro atoms. The van der Waals surface area contributed by atoms with Gasteiger partial charge in [-0.1, -0.05) is 18.1 Å². The Balaban J connectivity index is 2.17. The van der Waals surface area contributed by atoms with Gasteiger partial charge >= 0.3 is 0 Å². The van der Waals surface area contributed by atoms with Crippen LogP contribution in [0.15, 0.2) is 28.8 Å². The number of aliphatic imine (C=N–C) groups is 1. The summed E-state index contributed by atoms with van der Waals surface area (Å²) in [6.45, 7) is 4.56. The van der Waals surface area contributed by atoms with Gasteiger partial charge in [-0.05, 0) is 56.9 Å². The maximum absolute atomic E-state index is 4.70. The molecule has 0 bridgehead atoms. The van der Waals surface area contributed by atoms with Crippen LogP contribution in [0.3, 0.4) is 0 Å². The van der Waals surface area contributed by atoms with E-state index in [1.807, 2.05) is 6.08 Å². The third-order valence-electron chi connectivity index (χ3n) is 3.73. The minimum absolute atomic E-state index is 0.798. The fourth-order valence-electron chi connectivity index (χ4n) is 2.90. The first kappa shape index (κ1) is 11.6. The highest BCUT2D eigenvalue weighted by atomic mass is 14.7. The Morgan fingerprint density at radius 3 is 2.38 bits per heavy atom. The summed E-state index contributed by atoms with van der Waals surface area (Å²) in [4.78, 5) is 4.70. The second kappa shape index (κ2) is 6.03. The van der Waals surface area contributed by atoms with E-state index in [4.69, 9.17) is 4.99 Å². The van der Waals surface area contributed by atoms with E-state index < -0.39 is 0 Å². The molecule has 0 amide bonds. The van der Waals surface area contributed by atoms with E-state index in [-0.39, 0.29) is 0 Å². The van der Waals surface area contributed by atoms with E-state index in [0.717, 1.165) is 6.54 Å². The van der Waals surface area contributed by atoms with Crippen molar-refractivity contribution in [3.05, 3.63) is 23.8 Å². The van der Waals surface area contributed by atoms with Gasteiger partial charge in [-0.2, -0.15) is 0 Å². The average molecular weight is 217 g/mol. The molecule has 2 fully saturated rings. The summed E-state index contributed by atoms with van der Waals surface area (Å²) in [5, 5.41) is 0. The predicted octanol–water partition coefficient (Wildman–Crippen LogP) is 4.45. The number of allylic oxidation sites excluding steroid dienone is 2. The highest BCUT2D eigenvalue weighted by molar-refractivity contribution is 6.01. The third-order valence-corrected chi connectivity index (χ3v) is 3.73. The molecule has 88 valence electrons. The van der Waals surface area contributed by atoms with Gasteiger partial charge in [-0.25, -0.2) is 0 Å². The number of hydrogen-bond donors (Lipinski definition) is 0. The summed E-state index contributed by atoms with van der Waals surface area (Å²) in [5.41, 5.74) is 4.77. The van der Waals surface area contributed by atoms with Crippen LogP contribution in [-0.2, 0) is 0 Å². The van der Waals surface area contributed by atoms with Gasteiger partial charge < -0.3 is 0 Å². The average Bonchev–Trinajstić information content (AvgIpc) is 2.38. The van der Waals surface area contributed by atoms with Crippen LogP contribution in [-0.4, -0.2) is 12.3 Å². The molecule has 0 aromatic carbocycles. The first-order valence-electron chi connectivity index (χ1n) is 6.77. The molecule has 2 aliphatic rings. The van der Waals surface area contributed by atoms with Gasteiger partial charge in [0, 0.05) is 5.71 Å². The van der Waals surface area contributed by atoms with Crippen LogP contribution in [0.2, 0.25) is 0 Å². The van der Waals surface area contributed by atoms with E-state index in [1.165, 1.54) is 63.5 Å². The quantitative estimate of drug-likeness (QED) is 0.606. The Morgan fingerprint density at radius 1 is 0.938 bits per heavy atom. The summed E-state index contributed by atoms with van der Waals surface area (Å²) in [6.07, 6.45) is 14.0. The van der Waals surface area contributed by atoms with Crippen molar-refractivity contribution in [2.45, 2.75) is 57.8 Å². The summed E-state index contributed by atoms with van der Waals surface area (Å²) < 4.78 is 0. The lowest BCUT2D eigenvalue weighted by molar-refractivity contribution is 0.587. The summed E-state index contributed by atoms with van der Waals surface area (Å²) in [5.74, 6) is 0. The van der Waals surface area contributed by atoms with Crippen molar-refractivity contribution in [3.63, 3.8) is 0 Å². The van der Waals surface area contributed by atoms with E-state index in [0.29, 0.717) is 0 Å². The standard InChI is InChI=1S/C15H23N/c1-2-12-16-15-11-7-6-10-14(15)13-8-4-3-5-9-13/h2H,1,3-12H2. The lowest BCUT2D eigenvalue weighted by Crippen LogP contribution is -2.13. The van der Waals surface area contributed by atoms with E-state index in [9.17, 15) is 0 Å². The Labute approximate surface area is 99.4 Å². The zero-order valence-electron chi connectivity index (χ0n) is 10.3. The largest absolute Gasteiger partial charge is 0.285 e. The third kappa shape index (κ3) is 2.84. The van der Waals surface area contributed by atoms with Crippen LogP contribution >= 0.6 is 0 Å². The van der Waals surface area contributed by atoms with Crippen LogP contribution in [0.1, 0.15) is 57.8 Å². The Hall–Kier alpha value is -0.850. The molecule has 0 heterocycles. The fourth-order valence-corrected chi connectivity index (χ4v) is 2.90. The van der Waals surface area contributed by atoms with Crippen LogP contribution in [0.25, 0.3) is 0 Å². The first-order valence-corrected chi connectivity index (χ1v) is 6.77. The van der Waals surface area contributed by atoms with Crippen molar-refractivity contribution >= 4 is 5.71 Å². The summed E-state index contributed by atoms with van der Waals surface area (Å²) in [6, 6.07) is 0. The molecule has 1 nitrogen and oxygen atoms in total. The topological polar surface area (TPSA) is 12.4 Å². The maximum atomic E-state index is 4.70. The Morgan fingerprint density at radius 2 is 1.62 bits per heavy atom. The minimum atomic E-state index is 0.798. The molecule has 16 heavy (non-hydrogen) atoms. The molecule has 0 N–H and O–H groups in total. The molecule has 2 aliphatic carbocycles. The van der Waals surface area contributed by atoms with Crippen LogP contribution in [0.5, 0.6) is 0 Å². The Kier molecular flexibility index (Phi) is 4.38. The molecular formula is C15H23N. The van der Waals surface area contributed by atoms with Gasteiger partial charge in [0.2, 0.25) is 0 Å². The first-order chi connectivity index (χ1) is 7.92. The Bertz CT molecular complexity index is 301. The van der Waals surface area contributed by atoms with E-state index >= 15 is 0 Å². The molecule has 0 unspecified atom stereocenters. The fraction of sp³-hybridized carbons (Fsp3) is 0.667. The summed E-state index contributed by atoms with van der Waals surface area (Å²) in [7, 11) is 0. The molecule has 0 aliphatic heterocycles. The minimum Gasteiger partial charge on any atom is -0.285 e. The van der Waals surface area contributed by atoms with E-state index in [1.54, 1.807) is 11.1 Å². The van der Waals surface area contributed by atoms with Gasteiger partial charge in [-0.3, -0.25) is 4.99 Å². The molecule has 2 saturated carbocycles. The number of nitrogens with zero attached hydrogens (tertiary/aromatic N) is 1. The predicted molar refractivity (Wildman–Crippen MR) is 71.1 cm³/mol. The van der Waals surface area contributed by atoms with E-state index in [2.05, 4.69) is 6.58 Å². The lowest BCUT2D eigenvalue weighted by atomic mass is 9.83. The smallest absolute Gasteiger partial charge is 0.0571 e. The summed E-state index contributed by atoms with van der Waals surface area (Å²) >= 11 is 0. The SMILES string of the molecule is C=CCN=C1CCCCC1=C1CCCCC1. The highest BCUT2D eigenvalue weighted by Gasteiger charge is 2.18. The zero-order valence-corrected chi connectivity index (χ0v) is 10.3. The molecule has 0 atom stereocenters. The van der Waals surface area contributed by atoms with Crippen molar-refractivity contribution < 1.29 is 0 Å². The number of hydrogen-bond acceptors (Lipinski definition) is 1. The van der Waals surface area contributed by atoms with Gasteiger partial charge in [-0.15, -0.1) is 6.58 Å². The van der Waals surface area contributed by atoms with Crippen molar-refractivity contribution in [2.75, 3.05) is 6.54 Å². The molecule has 0 radical (unpaired) electrons. The molecule has 0 saturated heterocycles. The van der Waals surface area contributed by atoms with Gasteiger partial charge in [0.15, 0.2) is 0 Å². The van der Waals surface area contributed by atoms with Crippen molar-refractivity contribution in [2.24, 2.45) is 4.99 Å². The highest BCUT2D eigenvalue weighted by Crippen LogP contribution is 2.32.